The van der Waals surface area contributed by atoms with Crippen LogP contribution >= 0.6 is 0 Å². The van der Waals surface area contributed by atoms with Gasteiger partial charge < -0.3 is 18.9 Å². The van der Waals surface area contributed by atoms with E-state index in [2.05, 4.69) is 0 Å². The van der Waals surface area contributed by atoms with Crippen LogP contribution in [-0.2, 0) is 11.4 Å². The monoisotopic (exact) mass is 364 g/mol. The zero-order valence-electron chi connectivity index (χ0n) is 15.0. The van der Waals surface area contributed by atoms with E-state index in [1.165, 1.54) is 0 Å². The molecule has 27 heavy (non-hydrogen) atoms. The summed E-state index contributed by atoms with van der Waals surface area (Å²) in [6.45, 7) is 0.311. The van der Waals surface area contributed by atoms with Gasteiger partial charge >= 0.3 is 5.97 Å². The summed E-state index contributed by atoms with van der Waals surface area (Å²) in [6, 6.07) is 23.8. The van der Waals surface area contributed by atoms with Crippen molar-refractivity contribution < 1.29 is 23.7 Å². The normalized spacial score (nSPS) is 10.1. The first kappa shape index (κ1) is 18.3. The van der Waals surface area contributed by atoms with E-state index >= 15 is 0 Å². The number of hydrogen-bond donors (Lipinski definition) is 0. The van der Waals surface area contributed by atoms with Crippen molar-refractivity contribution in [3.8, 4) is 23.0 Å². The van der Waals surface area contributed by atoms with Crippen molar-refractivity contribution in [1.82, 2.24) is 0 Å². The Bertz CT molecular complexity index is 842. The summed E-state index contributed by atoms with van der Waals surface area (Å²) in [7, 11) is 1.58. The van der Waals surface area contributed by atoms with E-state index in [-0.39, 0.29) is 6.61 Å². The van der Waals surface area contributed by atoms with E-state index in [0.29, 0.717) is 23.9 Å². The first-order chi connectivity index (χ1) is 13.2. The second-order valence-electron chi connectivity index (χ2n) is 5.68. The Hall–Kier alpha value is -3.47. The Labute approximate surface area is 158 Å². The molecule has 0 saturated carbocycles. The number of ether oxygens (including phenoxy) is 4. The summed E-state index contributed by atoms with van der Waals surface area (Å²) in [5.41, 5.74) is 1.10. The van der Waals surface area contributed by atoms with Crippen molar-refractivity contribution >= 4 is 5.97 Å². The van der Waals surface area contributed by atoms with Gasteiger partial charge in [-0.25, -0.2) is 4.79 Å². The van der Waals surface area contributed by atoms with Gasteiger partial charge in [0.15, 0.2) is 6.61 Å². The minimum atomic E-state index is -0.482. The molecule has 0 aromatic heterocycles. The van der Waals surface area contributed by atoms with Crippen molar-refractivity contribution in [3.63, 3.8) is 0 Å². The van der Waals surface area contributed by atoms with E-state index in [9.17, 15) is 4.79 Å². The molecule has 3 aromatic rings. The predicted molar refractivity (Wildman–Crippen MR) is 101 cm³/mol. The lowest BCUT2D eigenvalue weighted by atomic mass is 10.2. The fourth-order valence-corrected chi connectivity index (χ4v) is 2.32. The van der Waals surface area contributed by atoms with Gasteiger partial charge in [0.25, 0.3) is 0 Å². The predicted octanol–water partition coefficient (Wildman–Crippen LogP) is 4.26. The highest BCUT2D eigenvalue weighted by atomic mass is 16.6. The van der Waals surface area contributed by atoms with Gasteiger partial charge in [-0.3, -0.25) is 0 Å². The van der Waals surface area contributed by atoms with Gasteiger partial charge in [-0.05, 0) is 54.1 Å². The molecule has 5 nitrogen and oxygen atoms in total. The van der Waals surface area contributed by atoms with Gasteiger partial charge in [0.2, 0.25) is 0 Å². The Morgan fingerprint density at radius 2 is 1.26 bits per heavy atom. The number of rotatable bonds is 8. The molecule has 0 spiro atoms. The molecule has 3 rings (SSSR count). The van der Waals surface area contributed by atoms with Crippen LogP contribution in [0.1, 0.15) is 5.56 Å². The number of hydrogen-bond acceptors (Lipinski definition) is 5. The van der Waals surface area contributed by atoms with Crippen LogP contribution in [0.2, 0.25) is 0 Å². The Morgan fingerprint density at radius 3 is 1.89 bits per heavy atom. The van der Waals surface area contributed by atoms with Crippen LogP contribution in [0.3, 0.4) is 0 Å². The van der Waals surface area contributed by atoms with Crippen LogP contribution < -0.4 is 18.9 Å². The lowest BCUT2D eigenvalue weighted by Gasteiger charge is -2.09. The van der Waals surface area contributed by atoms with Crippen LogP contribution in [0.25, 0.3) is 0 Å². The van der Waals surface area contributed by atoms with E-state index in [1.807, 2.05) is 30.3 Å². The van der Waals surface area contributed by atoms with Gasteiger partial charge in [0.1, 0.15) is 29.6 Å². The van der Waals surface area contributed by atoms with Crippen LogP contribution in [0.5, 0.6) is 23.0 Å². The van der Waals surface area contributed by atoms with Gasteiger partial charge in [-0.15, -0.1) is 0 Å². The summed E-state index contributed by atoms with van der Waals surface area (Å²) in [5, 5.41) is 0. The molecule has 0 aliphatic rings. The number of methoxy groups -OCH3 is 1. The number of esters is 1. The van der Waals surface area contributed by atoms with Crippen LogP contribution in [-0.4, -0.2) is 19.7 Å². The molecule has 0 bridgehead atoms. The lowest BCUT2D eigenvalue weighted by molar-refractivity contribution is -0.136. The number of benzene rings is 3. The lowest BCUT2D eigenvalue weighted by Crippen LogP contribution is -2.17. The molecule has 0 atom stereocenters. The molecule has 0 radical (unpaired) electrons. The third-order valence-corrected chi connectivity index (χ3v) is 3.72. The zero-order valence-corrected chi connectivity index (χ0v) is 15.0. The van der Waals surface area contributed by atoms with Gasteiger partial charge in [0, 0.05) is 0 Å². The summed E-state index contributed by atoms with van der Waals surface area (Å²) in [5.74, 6) is 1.94. The van der Waals surface area contributed by atoms with Crippen molar-refractivity contribution in [2.45, 2.75) is 6.61 Å². The maximum atomic E-state index is 11.9. The second-order valence-corrected chi connectivity index (χ2v) is 5.68. The highest BCUT2D eigenvalue weighted by molar-refractivity contribution is 5.74. The van der Waals surface area contributed by atoms with E-state index in [4.69, 9.17) is 18.9 Å². The molecular formula is C22H20O5. The van der Waals surface area contributed by atoms with Crippen LogP contribution in [0, 0.1) is 0 Å². The minimum absolute atomic E-state index is 0.184. The van der Waals surface area contributed by atoms with Crippen molar-refractivity contribution in [2.24, 2.45) is 0 Å². The largest absolute Gasteiger partial charge is 0.497 e. The van der Waals surface area contributed by atoms with Gasteiger partial charge in [-0.2, -0.15) is 0 Å². The summed E-state index contributed by atoms with van der Waals surface area (Å²) < 4.78 is 21.4. The van der Waals surface area contributed by atoms with Crippen LogP contribution in [0.15, 0.2) is 78.9 Å². The first-order valence-corrected chi connectivity index (χ1v) is 8.47. The number of carbonyl (C=O) groups is 1. The molecule has 0 fully saturated rings. The third-order valence-electron chi connectivity index (χ3n) is 3.72. The Balaban J connectivity index is 1.44. The fraction of sp³-hybridized carbons (Fsp3) is 0.136. The molecule has 3 aromatic carbocycles. The van der Waals surface area contributed by atoms with E-state index in [1.54, 1.807) is 55.6 Å². The summed E-state index contributed by atoms with van der Waals surface area (Å²) >= 11 is 0. The van der Waals surface area contributed by atoms with Crippen molar-refractivity contribution in [1.29, 1.82) is 0 Å². The smallest absolute Gasteiger partial charge is 0.349 e. The fourth-order valence-electron chi connectivity index (χ4n) is 2.32. The van der Waals surface area contributed by atoms with E-state index in [0.717, 1.165) is 11.3 Å². The zero-order chi connectivity index (χ0) is 18.9. The highest BCUT2D eigenvalue weighted by Gasteiger charge is 2.07. The maximum Gasteiger partial charge on any atom is 0.349 e. The number of carbonyl (C=O) groups excluding carboxylic acids is 1. The quantitative estimate of drug-likeness (QED) is 0.442. The molecule has 138 valence electrons. The van der Waals surface area contributed by atoms with Gasteiger partial charge in [-0.1, -0.05) is 30.3 Å². The standard InChI is InChI=1S/C22H20O5/c1-24-18-7-13-21(14-8-18)27-22(23)16-26-20-11-9-19(10-12-20)25-15-17-5-3-2-4-6-17/h2-14H,15-16H2,1H3. The molecule has 0 saturated heterocycles. The van der Waals surface area contributed by atoms with Crippen molar-refractivity contribution in [3.05, 3.63) is 84.4 Å². The summed E-state index contributed by atoms with van der Waals surface area (Å²) in [4.78, 5) is 11.9. The van der Waals surface area contributed by atoms with Crippen LogP contribution in [0.4, 0.5) is 0 Å². The SMILES string of the molecule is COc1ccc(OC(=O)COc2ccc(OCc3ccccc3)cc2)cc1. The third kappa shape index (κ3) is 5.78. The Kier molecular flexibility index (Phi) is 6.30. The van der Waals surface area contributed by atoms with E-state index < -0.39 is 5.97 Å². The molecule has 5 heteroatoms. The maximum absolute atomic E-state index is 11.9. The first-order valence-electron chi connectivity index (χ1n) is 8.47. The Morgan fingerprint density at radius 1 is 0.704 bits per heavy atom. The highest BCUT2D eigenvalue weighted by Crippen LogP contribution is 2.20. The average molecular weight is 364 g/mol. The molecule has 0 heterocycles. The minimum Gasteiger partial charge on any atom is -0.497 e. The van der Waals surface area contributed by atoms with Gasteiger partial charge in [0.05, 0.1) is 7.11 Å². The average Bonchev–Trinajstić information content (AvgIpc) is 2.73. The molecule has 0 aliphatic heterocycles. The molecule has 0 unspecified atom stereocenters. The second kappa shape index (κ2) is 9.29. The molecular weight excluding hydrogens is 344 g/mol. The van der Waals surface area contributed by atoms with Crippen molar-refractivity contribution in [2.75, 3.05) is 13.7 Å². The topological polar surface area (TPSA) is 54.0 Å². The molecule has 0 N–H and O–H groups in total. The summed E-state index contributed by atoms with van der Waals surface area (Å²) in [6.07, 6.45) is 0. The molecule has 0 aliphatic carbocycles. The molecule has 0 amide bonds.